The van der Waals surface area contributed by atoms with Gasteiger partial charge in [0.15, 0.2) is 0 Å². The van der Waals surface area contributed by atoms with E-state index in [9.17, 15) is 0 Å². The highest BCUT2D eigenvalue weighted by atomic mass is 35.5. The second-order valence-electron chi connectivity index (χ2n) is 4.44. The molecule has 1 aliphatic carbocycles. The molecule has 0 aromatic carbocycles. The van der Waals surface area contributed by atoms with Crippen LogP contribution in [0, 0.1) is 5.92 Å². The van der Waals surface area contributed by atoms with Crippen molar-refractivity contribution < 1.29 is 0 Å². The summed E-state index contributed by atoms with van der Waals surface area (Å²) in [7, 11) is 0. The first-order chi connectivity index (χ1) is 7.86. The van der Waals surface area contributed by atoms with Crippen molar-refractivity contribution in [3.63, 3.8) is 0 Å². The Morgan fingerprint density at radius 1 is 1.31 bits per heavy atom. The summed E-state index contributed by atoms with van der Waals surface area (Å²) in [6.45, 7) is 0.960. The molecule has 0 aliphatic heterocycles. The van der Waals surface area contributed by atoms with Gasteiger partial charge in [0.25, 0.3) is 0 Å². The minimum atomic E-state index is 0.603. The van der Waals surface area contributed by atoms with Crippen molar-refractivity contribution >= 4 is 17.4 Å². The highest BCUT2D eigenvalue weighted by molar-refractivity contribution is 6.32. The molecule has 1 aliphatic rings. The van der Waals surface area contributed by atoms with Gasteiger partial charge in [0.05, 0.1) is 6.20 Å². The summed E-state index contributed by atoms with van der Waals surface area (Å²) >= 11 is 5.96. The van der Waals surface area contributed by atoms with Crippen molar-refractivity contribution in [3.05, 3.63) is 17.5 Å². The van der Waals surface area contributed by atoms with Gasteiger partial charge in [0.1, 0.15) is 17.2 Å². The number of aromatic nitrogens is 2. The van der Waals surface area contributed by atoms with E-state index in [1.807, 2.05) is 0 Å². The molecular weight excluding hydrogens is 222 g/mol. The van der Waals surface area contributed by atoms with Gasteiger partial charge in [-0.1, -0.05) is 43.7 Å². The van der Waals surface area contributed by atoms with Crippen LogP contribution < -0.4 is 5.32 Å². The molecule has 1 saturated carbocycles. The van der Waals surface area contributed by atoms with Crippen LogP contribution in [0.3, 0.4) is 0 Å². The molecule has 2 rings (SSSR count). The Morgan fingerprint density at radius 3 is 2.88 bits per heavy atom. The molecule has 0 radical (unpaired) electrons. The van der Waals surface area contributed by atoms with Gasteiger partial charge in [0.2, 0.25) is 0 Å². The van der Waals surface area contributed by atoms with E-state index in [1.165, 1.54) is 44.9 Å². The van der Waals surface area contributed by atoms with Crippen LogP contribution in [-0.2, 0) is 0 Å². The molecule has 0 bridgehead atoms. The van der Waals surface area contributed by atoms with E-state index in [1.54, 1.807) is 6.20 Å². The first-order valence-corrected chi connectivity index (χ1v) is 6.43. The summed E-state index contributed by atoms with van der Waals surface area (Å²) in [5.74, 6) is 1.65. The number of hydrogen-bond donors (Lipinski definition) is 1. The Bertz CT molecular complexity index is 324. The molecule has 0 spiro atoms. The number of nitrogens with zero attached hydrogens (tertiary/aromatic N) is 2. The van der Waals surface area contributed by atoms with E-state index < -0.39 is 0 Å². The largest absolute Gasteiger partial charge is 0.369 e. The van der Waals surface area contributed by atoms with E-state index in [-0.39, 0.29) is 0 Å². The van der Waals surface area contributed by atoms with Crippen LogP contribution in [0.2, 0.25) is 5.02 Å². The fourth-order valence-electron chi connectivity index (χ4n) is 2.31. The van der Waals surface area contributed by atoms with E-state index in [0.717, 1.165) is 18.3 Å². The first-order valence-electron chi connectivity index (χ1n) is 6.05. The summed E-state index contributed by atoms with van der Waals surface area (Å²) in [6, 6.07) is 0. The Labute approximate surface area is 102 Å². The number of halogens is 1. The van der Waals surface area contributed by atoms with E-state index in [2.05, 4.69) is 15.3 Å². The average molecular weight is 240 g/mol. The topological polar surface area (TPSA) is 37.8 Å². The Hall–Kier alpha value is -0.830. The van der Waals surface area contributed by atoms with Crippen LogP contribution in [-0.4, -0.2) is 16.5 Å². The highest BCUT2D eigenvalue weighted by Gasteiger charge is 2.12. The lowest BCUT2D eigenvalue weighted by atomic mass is 9.87. The third-order valence-corrected chi connectivity index (χ3v) is 3.51. The molecule has 1 N–H and O–H groups in total. The summed E-state index contributed by atoms with van der Waals surface area (Å²) in [6.07, 6.45) is 11.4. The summed E-state index contributed by atoms with van der Waals surface area (Å²) in [5, 5.41) is 3.88. The monoisotopic (exact) mass is 239 g/mol. The third kappa shape index (κ3) is 3.34. The number of hydrogen-bond acceptors (Lipinski definition) is 3. The normalized spacial score (nSPS) is 17.3. The number of anilines is 1. The van der Waals surface area contributed by atoms with Gasteiger partial charge < -0.3 is 5.32 Å². The zero-order valence-corrected chi connectivity index (χ0v) is 10.2. The van der Waals surface area contributed by atoms with Crippen LogP contribution in [0.15, 0.2) is 12.5 Å². The van der Waals surface area contributed by atoms with Crippen LogP contribution in [0.4, 0.5) is 5.82 Å². The Balaban J connectivity index is 1.73. The molecule has 1 aromatic heterocycles. The molecule has 0 amide bonds. The van der Waals surface area contributed by atoms with Gasteiger partial charge in [-0.25, -0.2) is 9.97 Å². The maximum absolute atomic E-state index is 5.96. The summed E-state index contributed by atoms with van der Waals surface area (Å²) in [4.78, 5) is 7.97. The summed E-state index contributed by atoms with van der Waals surface area (Å²) < 4.78 is 0. The molecule has 0 atom stereocenters. The summed E-state index contributed by atoms with van der Waals surface area (Å²) in [5.41, 5.74) is 0. The maximum atomic E-state index is 5.96. The molecule has 4 heteroatoms. The second-order valence-corrected chi connectivity index (χ2v) is 4.85. The lowest BCUT2D eigenvalue weighted by molar-refractivity contribution is 0.345. The highest BCUT2D eigenvalue weighted by Crippen LogP contribution is 2.26. The Morgan fingerprint density at radius 2 is 2.12 bits per heavy atom. The lowest BCUT2D eigenvalue weighted by Gasteiger charge is -2.21. The number of nitrogens with one attached hydrogen (secondary N) is 1. The molecule has 3 nitrogen and oxygen atoms in total. The van der Waals surface area contributed by atoms with E-state index in [0.29, 0.717) is 5.02 Å². The molecule has 1 aromatic rings. The smallest absolute Gasteiger partial charge is 0.148 e. The first kappa shape index (κ1) is 11.6. The molecule has 16 heavy (non-hydrogen) atoms. The molecular formula is C12H18ClN3. The van der Waals surface area contributed by atoms with Crippen molar-refractivity contribution in [3.8, 4) is 0 Å². The van der Waals surface area contributed by atoms with Crippen molar-refractivity contribution in [1.82, 2.24) is 9.97 Å². The van der Waals surface area contributed by atoms with E-state index >= 15 is 0 Å². The van der Waals surface area contributed by atoms with Gasteiger partial charge >= 0.3 is 0 Å². The van der Waals surface area contributed by atoms with Crippen LogP contribution in [0.25, 0.3) is 0 Å². The zero-order valence-electron chi connectivity index (χ0n) is 9.45. The van der Waals surface area contributed by atoms with Crippen molar-refractivity contribution in [1.29, 1.82) is 0 Å². The molecule has 88 valence electrons. The SMILES string of the molecule is Clc1cncnc1NCCC1CCCCC1. The fourth-order valence-corrected chi connectivity index (χ4v) is 2.49. The standard InChI is InChI=1S/C12H18ClN3/c13-11-8-14-9-16-12(11)15-7-6-10-4-2-1-3-5-10/h8-10H,1-7H2,(H,14,15,16). The minimum absolute atomic E-state index is 0.603. The van der Waals surface area contributed by atoms with Gasteiger partial charge in [-0.3, -0.25) is 0 Å². The van der Waals surface area contributed by atoms with E-state index in [4.69, 9.17) is 11.6 Å². The van der Waals surface area contributed by atoms with Gasteiger partial charge in [0, 0.05) is 6.54 Å². The third-order valence-electron chi connectivity index (χ3n) is 3.24. The number of rotatable bonds is 4. The molecule has 0 saturated heterocycles. The second kappa shape index (κ2) is 6.04. The predicted octanol–water partition coefficient (Wildman–Crippen LogP) is 3.51. The maximum Gasteiger partial charge on any atom is 0.148 e. The van der Waals surface area contributed by atoms with Crippen LogP contribution >= 0.6 is 11.6 Å². The van der Waals surface area contributed by atoms with Crippen molar-refractivity contribution in [2.24, 2.45) is 5.92 Å². The van der Waals surface area contributed by atoms with Crippen molar-refractivity contribution in [2.45, 2.75) is 38.5 Å². The van der Waals surface area contributed by atoms with Gasteiger partial charge in [-0.2, -0.15) is 0 Å². The molecule has 1 fully saturated rings. The zero-order chi connectivity index (χ0) is 11.2. The molecule has 1 heterocycles. The minimum Gasteiger partial charge on any atom is -0.369 e. The lowest BCUT2D eigenvalue weighted by Crippen LogP contribution is -2.12. The van der Waals surface area contributed by atoms with Gasteiger partial charge in [-0.15, -0.1) is 0 Å². The van der Waals surface area contributed by atoms with Crippen molar-refractivity contribution in [2.75, 3.05) is 11.9 Å². The van der Waals surface area contributed by atoms with Crippen LogP contribution in [0.5, 0.6) is 0 Å². The predicted molar refractivity (Wildman–Crippen MR) is 66.7 cm³/mol. The molecule has 0 unspecified atom stereocenters. The Kier molecular flexibility index (Phi) is 4.40. The quantitative estimate of drug-likeness (QED) is 0.874. The van der Waals surface area contributed by atoms with Crippen LogP contribution in [0.1, 0.15) is 38.5 Å². The van der Waals surface area contributed by atoms with Gasteiger partial charge in [-0.05, 0) is 12.3 Å². The average Bonchev–Trinajstić information content (AvgIpc) is 2.33. The fraction of sp³-hybridized carbons (Fsp3) is 0.667.